The minimum Gasteiger partial charge on any atom is -0.348 e. The van der Waals surface area contributed by atoms with Crippen LogP contribution in [0.2, 0.25) is 0 Å². The van der Waals surface area contributed by atoms with E-state index in [9.17, 15) is 4.79 Å². The van der Waals surface area contributed by atoms with Crippen molar-refractivity contribution in [3.63, 3.8) is 0 Å². The smallest absolute Gasteiger partial charge is 0.253 e. The van der Waals surface area contributed by atoms with Gasteiger partial charge in [0.25, 0.3) is 5.91 Å². The maximum atomic E-state index is 13.6. The monoisotopic (exact) mass is 414 g/mol. The Hall–Kier alpha value is -3.03. The molecule has 3 aromatic rings. The number of carbonyl (C=O) groups excluding carboxylic acids is 1. The van der Waals surface area contributed by atoms with Crippen molar-refractivity contribution in [2.24, 2.45) is 5.92 Å². The van der Waals surface area contributed by atoms with Gasteiger partial charge in [-0.25, -0.2) is 0 Å². The highest BCUT2D eigenvalue weighted by molar-refractivity contribution is 5.98. The van der Waals surface area contributed by atoms with Crippen LogP contribution in [0.25, 0.3) is 5.69 Å². The van der Waals surface area contributed by atoms with Gasteiger partial charge < -0.3 is 15.1 Å². The van der Waals surface area contributed by atoms with Crippen molar-refractivity contribution >= 4 is 5.91 Å². The fourth-order valence-electron chi connectivity index (χ4n) is 6.00. The molecule has 7 heteroatoms. The lowest BCUT2D eigenvalue weighted by Gasteiger charge is -2.55. The Labute approximate surface area is 181 Å². The van der Waals surface area contributed by atoms with Gasteiger partial charge in [0.15, 0.2) is 0 Å². The number of hydrogen-bond donors (Lipinski definition) is 1. The third-order valence-electron chi connectivity index (χ3n) is 7.28. The van der Waals surface area contributed by atoms with Gasteiger partial charge in [0, 0.05) is 56.6 Å². The highest BCUT2D eigenvalue weighted by Gasteiger charge is 2.55. The molecule has 31 heavy (non-hydrogen) atoms. The van der Waals surface area contributed by atoms with Gasteiger partial charge in [0.05, 0.1) is 11.3 Å². The third-order valence-corrected chi connectivity index (χ3v) is 7.28. The van der Waals surface area contributed by atoms with Gasteiger partial charge in [0.2, 0.25) is 0 Å². The van der Waals surface area contributed by atoms with Crippen LogP contribution in [0.1, 0.15) is 15.9 Å². The van der Waals surface area contributed by atoms with Crippen LogP contribution in [-0.2, 0) is 5.41 Å². The zero-order chi connectivity index (χ0) is 20.8. The van der Waals surface area contributed by atoms with Crippen LogP contribution in [0.3, 0.4) is 0 Å². The summed E-state index contributed by atoms with van der Waals surface area (Å²) in [6.07, 6.45) is 3.26. The van der Waals surface area contributed by atoms with Gasteiger partial charge >= 0.3 is 0 Å². The summed E-state index contributed by atoms with van der Waals surface area (Å²) >= 11 is 0. The van der Waals surface area contributed by atoms with Gasteiger partial charge in [-0.2, -0.15) is 0 Å². The van der Waals surface area contributed by atoms with Crippen molar-refractivity contribution in [2.45, 2.75) is 11.5 Å². The highest BCUT2D eigenvalue weighted by atomic mass is 16.1. The van der Waals surface area contributed by atoms with E-state index in [1.165, 1.54) is 5.56 Å². The number of piperidine rings is 2. The van der Waals surface area contributed by atoms with E-state index in [0.29, 0.717) is 11.5 Å². The van der Waals surface area contributed by atoms with Gasteiger partial charge in [-0.3, -0.25) is 9.36 Å². The normalized spacial score (nSPS) is 31.4. The molecule has 0 saturated carbocycles. The highest BCUT2D eigenvalue weighted by Crippen LogP contribution is 2.43. The Bertz CT molecular complexity index is 1070. The predicted molar refractivity (Wildman–Crippen MR) is 117 cm³/mol. The van der Waals surface area contributed by atoms with Crippen molar-refractivity contribution in [3.05, 3.63) is 78.4 Å². The molecule has 1 aromatic heterocycles. The molecule has 4 bridgehead atoms. The first-order valence-electron chi connectivity index (χ1n) is 11.0. The average molecular weight is 415 g/mol. The van der Waals surface area contributed by atoms with Gasteiger partial charge in [-0.15, -0.1) is 10.2 Å². The van der Waals surface area contributed by atoms with Gasteiger partial charge in [-0.05, 0) is 17.7 Å². The Balaban J connectivity index is 1.38. The first-order chi connectivity index (χ1) is 15.2. The summed E-state index contributed by atoms with van der Waals surface area (Å²) in [5, 5.41) is 11.3. The van der Waals surface area contributed by atoms with Crippen LogP contribution < -0.4 is 5.32 Å². The molecular weight excluding hydrogens is 388 g/mol. The van der Waals surface area contributed by atoms with Gasteiger partial charge in [-0.1, -0.05) is 42.5 Å². The molecule has 2 aromatic carbocycles. The first kappa shape index (κ1) is 18.7. The second-order valence-corrected chi connectivity index (χ2v) is 9.09. The Morgan fingerprint density at radius 1 is 0.903 bits per heavy atom. The van der Waals surface area contributed by atoms with E-state index < -0.39 is 0 Å². The van der Waals surface area contributed by atoms with Crippen LogP contribution in [0.5, 0.6) is 0 Å². The van der Waals surface area contributed by atoms with Crippen molar-refractivity contribution in [2.75, 3.05) is 39.3 Å². The van der Waals surface area contributed by atoms with Crippen molar-refractivity contribution in [3.8, 4) is 5.69 Å². The topological polar surface area (TPSA) is 66.3 Å². The molecule has 0 spiro atoms. The molecule has 5 heterocycles. The SMILES string of the molecule is O=C(N[C@H]1C2CN3CCN(C2)CC1(c1ccccc1)C3)c1ccccc1-n1cnnc1. The minimum atomic E-state index is -0.0971. The molecule has 1 amide bonds. The van der Waals surface area contributed by atoms with E-state index in [4.69, 9.17) is 0 Å². The van der Waals surface area contributed by atoms with Crippen LogP contribution in [-0.4, -0.2) is 75.8 Å². The Kier molecular flexibility index (Phi) is 4.40. The molecule has 3 atom stereocenters. The summed E-state index contributed by atoms with van der Waals surface area (Å²) < 4.78 is 1.79. The summed E-state index contributed by atoms with van der Waals surface area (Å²) in [5.41, 5.74) is 2.68. The fraction of sp³-hybridized carbons (Fsp3) is 0.375. The van der Waals surface area contributed by atoms with E-state index in [0.717, 1.165) is 45.0 Å². The van der Waals surface area contributed by atoms with E-state index in [1.807, 2.05) is 24.3 Å². The molecule has 7 rings (SSSR count). The summed E-state index contributed by atoms with van der Waals surface area (Å²) in [6.45, 7) is 6.29. The summed E-state index contributed by atoms with van der Waals surface area (Å²) in [7, 11) is 0. The minimum absolute atomic E-state index is 0.0271. The molecule has 158 valence electrons. The van der Waals surface area contributed by atoms with Crippen LogP contribution in [0.4, 0.5) is 0 Å². The zero-order valence-electron chi connectivity index (χ0n) is 17.4. The van der Waals surface area contributed by atoms with Crippen LogP contribution >= 0.6 is 0 Å². The number of carbonyl (C=O) groups is 1. The van der Waals surface area contributed by atoms with E-state index in [-0.39, 0.29) is 17.4 Å². The van der Waals surface area contributed by atoms with E-state index in [1.54, 1.807) is 17.2 Å². The standard InChI is InChI=1S/C24H26N6O/c31-23(20-8-4-5-9-21(20)30-16-25-26-17-30)27-22-18-12-28-10-11-29(13-18)15-24(22,14-28)19-6-2-1-3-7-19/h1-9,16-18,22H,10-15H2,(H,27,31)/t18?,22-,24?/m0/s1. The number of amides is 1. The van der Waals surface area contributed by atoms with Crippen molar-refractivity contribution in [1.29, 1.82) is 0 Å². The quantitative estimate of drug-likeness (QED) is 0.702. The third kappa shape index (κ3) is 3.07. The predicted octanol–water partition coefficient (Wildman–Crippen LogP) is 1.56. The molecule has 4 fully saturated rings. The number of nitrogens with one attached hydrogen (secondary N) is 1. The number of aromatic nitrogens is 3. The summed E-state index contributed by atoms with van der Waals surface area (Å²) in [6, 6.07) is 18.5. The molecule has 0 radical (unpaired) electrons. The molecule has 4 saturated heterocycles. The van der Waals surface area contributed by atoms with Crippen molar-refractivity contribution in [1.82, 2.24) is 29.9 Å². The fourth-order valence-corrected chi connectivity index (χ4v) is 6.00. The number of fused-ring (bicyclic) bond motifs is 1. The number of para-hydroxylation sites is 1. The molecule has 4 aliphatic rings. The average Bonchev–Trinajstić information content (AvgIpc) is 3.22. The summed E-state index contributed by atoms with van der Waals surface area (Å²) in [5.74, 6) is 0.386. The second kappa shape index (κ2) is 7.28. The molecule has 0 aliphatic carbocycles. The van der Waals surface area contributed by atoms with E-state index >= 15 is 0 Å². The maximum Gasteiger partial charge on any atom is 0.253 e. The first-order valence-corrected chi connectivity index (χ1v) is 11.0. The van der Waals surface area contributed by atoms with E-state index in [2.05, 4.69) is 55.6 Å². The Morgan fingerprint density at radius 3 is 2.26 bits per heavy atom. The number of nitrogens with zero attached hydrogens (tertiary/aromatic N) is 5. The van der Waals surface area contributed by atoms with Crippen LogP contribution in [0.15, 0.2) is 67.3 Å². The summed E-state index contributed by atoms with van der Waals surface area (Å²) in [4.78, 5) is 18.8. The van der Waals surface area contributed by atoms with Gasteiger partial charge in [0.1, 0.15) is 12.7 Å². The Morgan fingerprint density at radius 2 is 1.55 bits per heavy atom. The lowest BCUT2D eigenvalue weighted by molar-refractivity contribution is 0.0180. The second-order valence-electron chi connectivity index (χ2n) is 9.09. The zero-order valence-corrected chi connectivity index (χ0v) is 17.4. The molecule has 2 unspecified atom stereocenters. The lowest BCUT2D eigenvalue weighted by atomic mass is 9.64. The molecule has 4 aliphatic heterocycles. The maximum absolute atomic E-state index is 13.6. The molecule has 1 N–H and O–H groups in total. The number of benzene rings is 2. The number of rotatable bonds is 4. The molecular formula is C24H26N6O. The lowest BCUT2D eigenvalue weighted by Crippen LogP contribution is -2.70. The van der Waals surface area contributed by atoms with Crippen LogP contribution in [0, 0.1) is 5.92 Å². The molecule has 7 nitrogen and oxygen atoms in total. The largest absolute Gasteiger partial charge is 0.348 e. The number of hydrogen-bond acceptors (Lipinski definition) is 5. The van der Waals surface area contributed by atoms with Crippen molar-refractivity contribution < 1.29 is 4.79 Å².